The molecule has 0 amide bonds. The third kappa shape index (κ3) is 2.48. The third-order valence-electron chi connectivity index (χ3n) is 4.19. The molecule has 0 bridgehead atoms. The van der Waals surface area contributed by atoms with Gasteiger partial charge in [-0.1, -0.05) is 0 Å². The van der Waals surface area contributed by atoms with Crippen molar-refractivity contribution in [3.8, 4) is 17.4 Å². The Labute approximate surface area is 139 Å². The van der Waals surface area contributed by atoms with E-state index in [-0.39, 0.29) is 5.78 Å². The Hall–Kier alpha value is -2.95. The molecule has 5 heteroatoms. The topological polar surface area (TPSA) is 61.3 Å². The number of ketones is 1. The van der Waals surface area contributed by atoms with Crippen LogP contribution in [0.25, 0.3) is 10.9 Å². The molecule has 1 aliphatic carbocycles. The number of ether oxygens (including phenoxy) is 2. The molecule has 0 spiro atoms. The maximum atomic E-state index is 11.7. The molecule has 5 nitrogen and oxygen atoms in total. The van der Waals surface area contributed by atoms with E-state index in [1.165, 1.54) is 0 Å². The Kier molecular flexibility index (Phi) is 3.41. The van der Waals surface area contributed by atoms with Gasteiger partial charge in [-0.25, -0.2) is 4.98 Å². The summed E-state index contributed by atoms with van der Waals surface area (Å²) in [4.78, 5) is 20.6. The zero-order chi connectivity index (χ0) is 16.7. The molecule has 0 fully saturated rings. The number of nitrogens with zero attached hydrogens (tertiary/aromatic N) is 2. The predicted octanol–water partition coefficient (Wildman–Crippen LogP) is 3.87. The summed E-state index contributed by atoms with van der Waals surface area (Å²) in [5.41, 5.74) is 2.63. The highest BCUT2D eigenvalue weighted by Gasteiger charge is 2.20. The summed E-state index contributed by atoms with van der Waals surface area (Å²) >= 11 is 0. The maximum Gasteiger partial charge on any atom is 0.230 e. The SMILES string of the molecule is COc1ccc2nc(C)nc(Oc3ccc4c(c3)CCC4=O)c2c1. The number of hydrogen-bond acceptors (Lipinski definition) is 5. The van der Waals surface area contributed by atoms with E-state index in [9.17, 15) is 4.79 Å². The van der Waals surface area contributed by atoms with E-state index < -0.39 is 0 Å². The van der Waals surface area contributed by atoms with Gasteiger partial charge in [0.05, 0.1) is 18.0 Å². The van der Waals surface area contributed by atoms with Gasteiger partial charge in [0.2, 0.25) is 5.88 Å². The van der Waals surface area contributed by atoms with E-state index in [0.717, 1.165) is 34.2 Å². The molecule has 0 N–H and O–H groups in total. The van der Waals surface area contributed by atoms with Crippen LogP contribution in [0.5, 0.6) is 17.4 Å². The van der Waals surface area contributed by atoms with Crippen LogP contribution in [0, 0.1) is 6.92 Å². The van der Waals surface area contributed by atoms with E-state index in [4.69, 9.17) is 9.47 Å². The van der Waals surface area contributed by atoms with Gasteiger partial charge in [0.1, 0.15) is 17.3 Å². The molecule has 0 atom stereocenters. The predicted molar refractivity (Wildman–Crippen MR) is 90.0 cm³/mol. The van der Waals surface area contributed by atoms with Gasteiger partial charge in [-0.05, 0) is 55.3 Å². The molecule has 24 heavy (non-hydrogen) atoms. The molecule has 2 aromatic carbocycles. The third-order valence-corrected chi connectivity index (χ3v) is 4.19. The average molecular weight is 320 g/mol. The van der Waals surface area contributed by atoms with E-state index in [1.54, 1.807) is 7.11 Å². The summed E-state index contributed by atoms with van der Waals surface area (Å²) in [6, 6.07) is 11.2. The first-order valence-electron chi connectivity index (χ1n) is 7.80. The monoisotopic (exact) mass is 320 g/mol. The van der Waals surface area contributed by atoms with E-state index in [1.807, 2.05) is 43.3 Å². The van der Waals surface area contributed by atoms with Gasteiger partial charge < -0.3 is 9.47 Å². The molecule has 3 aromatic rings. The minimum Gasteiger partial charge on any atom is -0.497 e. The van der Waals surface area contributed by atoms with E-state index in [0.29, 0.717) is 23.9 Å². The van der Waals surface area contributed by atoms with Gasteiger partial charge in [0.25, 0.3) is 0 Å². The fraction of sp³-hybridized carbons (Fsp3) is 0.211. The van der Waals surface area contributed by atoms with Crippen LogP contribution in [0.3, 0.4) is 0 Å². The van der Waals surface area contributed by atoms with Gasteiger partial charge in [-0.15, -0.1) is 0 Å². The van der Waals surface area contributed by atoms with Gasteiger partial charge >= 0.3 is 0 Å². The summed E-state index contributed by atoms with van der Waals surface area (Å²) < 4.78 is 11.3. The second kappa shape index (κ2) is 5.60. The standard InChI is InChI=1S/C19H16N2O3/c1-11-20-17-7-5-13(23-2)10-16(17)19(21-11)24-14-4-6-15-12(9-14)3-8-18(15)22/h4-7,9-10H,3,8H2,1-2H3. The minimum atomic E-state index is 0.199. The first-order valence-corrected chi connectivity index (χ1v) is 7.80. The number of carbonyl (C=O) groups excluding carboxylic acids is 1. The van der Waals surface area contributed by atoms with Crippen LogP contribution in [0.1, 0.15) is 28.2 Å². The van der Waals surface area contributed by atoms with Gasteiger partial charge in [0.15, 0.2) is 5.78 Å². The molecule has 120 valence electrons. The lowest BCUT2D eigenvalue weighted by atomic mass is 10.1. The van der Waals surface area contributed by atoms with Crippen LogP contribution in [-0.4, -0.2) is 22.9 Å². The van der Waals surface area contributed by atoms with Crippen LogP contribution in [-0.2, 0) is 6.42 Å². The molecular formula is C19H16N2O3. The molecule has 4 rings (SSSR count). The normalized spacial score (nSPS) is 13.2. The number of hydrogen-bond donors (Lipinski definition) is 0. The number of aromatic nitrogens is 2. The molecule has 0 saturated heterocycles. The van der Waals surface area contributed by atoms with E-state index >= 15 is 0 Å². The Morgan fingerprint density at radius 2 is 1.83 bits per heavy atom. The van der Waals surface area contributed by atoms with Crippen molar-refractivity contribution >= 4 is 16.7 Å². The van der Waals surface area contributed by atoms with Crippen molar-refractivity contribution in [2.75, 3.05) is 7.11 Å². The van der Waals surface area contributed by atoms with Crippen molar-refractivity contribution in [3.05, 3.63) is 53.3 Å². The highest BCUT2D eigenvalue weighted by atomic mass is 16.5. The zero-order valence-corrected chi connectivity index (χ0v) is 13.5. The first kappa shape index (κ1) is 14.6. The summed E-state index contributed by atoms with van der Waals surface area (Å²) in [6.45, 7) is 1.83. The summed E-state index contributed by atoms with van der Waals surface area (Å²) in [6.07, 6.45) is 1.34. The lowest BCUT2D eigenvalue weighted by Gasteiger charge is -2.10. The van der Waals surface area contributed by atoms with Crippen molar-refractivity contribution in [3.63, 3.8) is 0 Å². The minimum absolute atomic E-state index is 0.199. The highest BCUT2D eigenvalue weighted by Crippen LogP contribution is 2.32. The fourth-order valence-corrected chi connectivity index (χ4v) is 3.00. The lowest BCUT2D eigenvalue weighted by Crippen LogP contribution is -1.97. The molecule has 0 saturated carbocycles. The quantitative estimate of drug-likeness (QED) is 0.733. The zero-order valence-electron chi connectivity index (χ0n) is 13.5. The second-order valence-electron chi connectivity index (χ2n) is 5.80. The Morgan fingerprint density at radius 1 is 1.00 bits per heavy atom. The average Bonchev–Trinajstić information content (AvgIpc) is 2.95. The fourth-order valence-electron chi connectivity index (χ4n) is 3.00. The molecule has 1 aromatic heterocycles. The van der Waals surface area contributed by atoms with E-state index in [2.05, 4.69) is 9.97 Å². The molecule has 1 aliphatic rings. The Balaban J connectivity index is 1.78. The van der Waals surface area contributed by atoms with Crippen LogP contribution < -0.4 is 9.47 Å². The Morgan fingerprint density at radius 3 is 2.67 bits per heavy atom. The highest BCUT2D eigenvalue weighted by molar-refractivity contribution is 6.00. The Bertz CT molecular complexity index is 966. The second-order valence-corrected chi connectivity index (χ2v) is 5.80. The largest absolute Gasteiger partial charge is 0.497 e. The van der Waals surface area contributed by atoms with Gasteiger partial charge in [0, 0.05) is 12.0 Å². The molecule has 0 radical (unpaired) electrons. The van der Waals surface area contributed by atoms with Crippen molar-refractivity contribution in [2.45, 2.75) is 19.8 Å². The number of carbonyl (C=O) groups is 1. The van der Waals surface area contributed by atoms with Gasteiger partial charge in [-0.3, -0.25) is 4.79 Å². The molecule has 0 aliphatic heterocycles. The smallest absolute Gasteiger partial charge is 0.230 e. The number of rotatable bonds is 3. The van der Waals surface area contributed by atoms with Crippen molar-refractivity contribution in [2.24, 2.45) is 0 Å². The van der Waals surface area contributed by atoms with Crippen LogP contribution >= 0.6 is 0 Å². The van der Waals surface area contributed by atoms with Crippen LogP contribution in [0.15, 0.2) is 36.4 Å². The van der Waals surface area contributed by atoms with Crippen LogP contribution in [0.2, 0.25) is 0 Å². The molecule has 0 unspecified atom stereocenters. The van der Waals surface area contributed by atoms with Crippen molar-refractivity contribution in [1.82, 2.24) is 9.97 Å². The number of aryl methyl sites for hydroxylation is 2. The maximum absolute atomic E-state index is 11.7. The first-order chi connectivity index (χ1) is 11.6. The summed E-state index contributed by atoms with van der Waals surface area (Å²) in [5.74, 6) is 2.72. The molecule has 1 heterocycles. The van der Waals surface area contributed by atoms with Crippen LogP contribution in [0.4, 0.5) is 0 Å². The molecular weight excluding hydrogens is 304 g/mol. The summed E-state index contributed by atoms with van der Waals surface area (Å²) in [7, 11) is 1.62. The number of methoxy groups -OCH3 is 1. The number of benzene rings is 2. The number of fused-ring (bicyclic) bond motifs is 2. The number of Topliss-reactive ketones (excluding diaryl/α,β-unsaturated/α-hetero) is 1. The van der Waals surface area contributed by atoms with Crippen molar-refractivity contribution in [1.29, 1.82) is 0 Å². The summed E-state index contributed by atoms with van der Waals surface area (Å²) in [5, 5.41) is 0.788. The lowest BCUT2D eigenvalue weighted by molar-refractivity contribution is 0.0994. The van der Waals surface area contributed by atoms with Gasteiger partial charge in [-0.2, -0.15) is 4.98 Å². The van der Waals surface area contributed by atoms with Crippen molar-refractivity contribution < 1.29 is 14.3 Å².